The molecule has 22 heavy (non-hydrogen) atoms. The first-order valence-corrected chi connectivity index (χ1v) is 7.36. The normalized spacial score (nSPS) is 11.3. The van der Waals surface area contributed by atoms with Crippen LogP contribution in [0.5, 0.6) is 0 Å². The minimum absolute atomic E-state index is 0.0701. The van der Waals surface area contributed by atoms with Gasteiger partial charge in [-0.15, -0.1) is 12.6 Å². The standard InChI is InChI=1S/C16H22O5S/c1-10-11(7-14(17)18)5-13(22)6-12(10)8-20-9-15(19)21-16(2,3)4/h5-6,22H,7-9H2,1-4H3,(H,17,18). The van der Waals surface area contributed by atoms with E-state index in [2.05, 4.69) is 12.6 Å². The van der Waals surface area contributed by atoms with Crippen molar-refractivity contribution in [3.8, 4) is 0 Å². The molecule has 0 unspecified atom stereocenters. The summed E-state index contributed by atoms with van der Waals surface area (Å²) in [6.45, 7) is 7.25. The Hall–Kier alpha value is -1.53. The van der Waals surface area contributed by atoms with Crippen LogP contribution in [0, 0.1) is 6.92 Å². The summed E-state index contributed by atoms with van der Waals surface area (Å²) < 4.78 is 10.5. The van der Waals surface area contributed by atoms with Crippen LogP contribution >= 0.6 is 12.6 Å². The van der Waals surface area contributed by atoms with Gasteiger partial charge in [0.15, 0.2) is 0 Å². The second-order valence-electron chi connectivity index (χ2n) is 6.04. The van der Waals surface area contributed by atoms with Crippen molar-refractivity contribution in [2.45, 2.75) is 51.2 Å². The van der Waals surface area contributed by atoms with Gasteiger partial charge in [-0.25, -0.2) is 4.79 Å². The van der Waals surface area contributed by atoms with E-state index in [-0.39, 0.29) is 19.6 Å². The van der Waals surface area contributed by atoms with Crippen LogP contribution in [0.25, 0.3) is 0 Å². The first-order chi connectivity index (χ1) is 10.1. The minimum Gasteiger partial charge on any atom is -0.481 e. The number of aliphatic carboxylic acids is 1. The third-order valence-electron chi connectivity index (χ3n) is 2.85. The molecule has 0 spiro atoms. The van der Waals surface area contributed by atoms with Crippen LogP contribution in [0.1, 0.15) is 37.5 Å². The summed E-state index contributed by atoms with van der Waals surface area (Å²) in [5.74, 6) is -1.33. The van der Waals surface area contributed by atoms with Crippen LogP contribution in [-0.2, 0) is 32.1 Å². The van der Waals surface area contributed by atoms with Crippen molar-refractivity contribution in [3.05, 3.63) is 28.8 Å². The Morgan fingerprint density at radius 3 is 2.36 bits per heavy atom. The fraction of sp³-hybridized carbons (Fsp3) is 0.500. The maximum atomic E-state index is 11.6. The topological polar surface area (TPSA) is 72.8 Å². The number of thiol groups is 1. The van der Waals surface area contributed by atoms with Crippen LogP contribution in [0.15, 0.2) is 17.0 Å². The zero-order chi connectivity index (χ0) is 16.9. The van der Waals surface area contributed by atoms with E-state index in [9.17, 15) is 9.59 Å². The molecule has 0 aliphatic rings. The van der Waals surface area contributed by atoms with Crippen molar-refractivity contribution < 1.29 is 24.2 Å². The molecule has 0 amide bonds. The van der Waals surface area contributed by atoms with E-state index in [1.807, 2.05) is 6.92 Å². The van der Waals surface area contributed by atoms with Gasteiger partial charge in [-0.1, -0.05) is 0 Å². The van der Waals surface area contributed by atoms with E-state index < -0.39 is 17.5 Å². The predicted molar refractivity (Wildman–Crippen MR) is 85.3 cm³/mol. The molecule has 0 atom stereocenters. The van der Waals surface area contributed by atoms with Gasteiger partial charge in [-0.2, -0.15) is 0 Å². The lowest BCUT2D eigenvalue weighted by Crippen LogP contribution is -2.26. The summed E-state index contributed by atoms with van der Waals surface area (Å²) in [6, 6.07) is 3.53. The van der Waals surface area contributed by atoms with E-state index in [0.29, 0.717) is 10.5 Å². The molecule has 1 aromatic rings. The molecule has 0 bridgehead atoms. The maximum absolute atomic E-state index is 11.6. The molecule has 0 fully saturated rings. The molecule has 0 saturated heterocycles. The second kappa shape index (κ2) is 7.65. The third-order valence-corrected chi connectivity index (χ3v) is 3.10. The molecule has 1 rings (SSSR count). The average molecular weight is 326 g/mol. The number of hydrogen-bond donors (Lipinski definition) is 2. The van der Waals surface area contributed by atoms with Gasteiger partial charge in [-0.05, 0) is 56.5 Å². The molecule has 0 aliphatic heterocycles. The van der Waals surface area contributed by atoms with Gasteiger partial charge in [0.05, 0.1) is 13.0 Å². The van der Waals surface area contributed by atoms with Crippen LogP contribution in [0.4, 0.5) is 0 Å². The zero-order valence-electron chi connectivity index (χ0n) is 13.3. The Labute approximate surface area is 136 Å². The Kier molecular flexibility index (Phi) is 6.44. The molecule has 5 nitrogen and oxygen atoms in total. The van der Waals surface area contributed by atoms with Crippen LogP contribution in [0.2, 0.25) is 0 Å². The van der Waals surface area contributed by atoms with Crippen LogP contribution in [-0.4, -0.2) is 29.3 Å². The summed E-state index contributed by atoms with van der Waals surface area (Å²) in [5, 5.41) is 8.91. The van der Waals surface area contributed by atoms with Crippen molar-refractivity contribution in [2.24, 2.45) is 0 Å². The molecule has 6 heteroatoms. The maximum Gasteiger partial charge on any atom is 0.332 e. The fourth-order valence-corrected chi connectivity index (χ4v) is 2.24. The monoisotopic (exact) mass is 326 g/mol. The lowest BCUT2D eigenvalue weighted by atomic mass is 10.0. The van der Waals surface area contributed by atoms with Crippen molar-refractivity contribution >= 4 is 24.6 Å². The van der Waals surface area contributed by atoms with Crippen molar-refractivity contribution in [2.75, 3.05) is 6.61 Å². The molecule has 1 N–H and O–H groups in total. The van der Waals surface area contributed by atoms with E-state index in [1.165, 1.54) is 0 Å². The van der Waals surface area contributed by atoms with E-state index in [1.54, 1.807) is 32.9 Å². The summed E-state index contributed by atoms with van der Waals surface area (Å²) in [6.07, 6.45) is -0.0701. The average Bonchev–Trinajstić information content (AvgIpc) is 2.31. The zero-order valence-corrected chi connectivity index (χ0v) is 14.2. The third kappa shape index (κ3) is 6.49. The summed E-state index contributed by atoms with van der Waals surface area (Å²) in [5.41, 5.74) is 1.79. The van der Waals surface area contributed by atoms with Gasteiger partial charge in [0.1, 0.15) is 12.2 Å². The highest BCUT2D eigenvalue weighted by molar-refractivity contribution is 7.80. The van der Waals surface area contributed by atoms with Crippen molar-refractivity contribution in [1.82, 2.24) is 0 Å². The van der Waals surface area contributed by atoms with Gasteiger partial charge in [-0.3, -0.25) is 4.79 Å². The molecular formula is C16H22O5S. The lowest BCUT2D eigenvalue weighted by molar-refractivity contribution is -0.160. The Morgan fingerprint density at radius 1 is 1.23 bits per heavy atom. The number of carbonyl (C=O) groups excluding carboxylic acids is 1. The molecule has 0 heterocycles. The first kappa shape index (κ1) is 18.5. The number of carboxylic acid groups (broad SMARTS) is 1. The molecule has 0 radical (unpaired) electrons. The molecule has 0 aromatic heterocycles. The fourth-order valence-electron chi connectivity index (χ4n) is 1.93. The second-order valence-corrected chi connectivity index (χ2v) is 6.56. The van der Waals surface area contributed by atoms with Crippen LogP contribution < -0.4 is 0 Å². The molecule has 0 aliphatic carbocycles. The largest absolute Gasteiger partial charge is 0.481 e. The Bertz CT molecular complexity index is 560. The van der Waals surface area contributed by atoms with Crippen molar-refractivity contribution in [3.63, 3.8) is 0 Å². The van der Waals surface area contributed by atoms with Crippen molar-refractivity contribution in [1.29, 1.82) is 0 Å². The van der Waals surface area contributed by atoms with Gasteiger partial charge in [0.25, 0.3) is 0 Å². The number of hydrogen-bond acceptors (Lipinski definition) is 5. The summed E-state index contributed by atoms with van der Waals surface area (Å²) in [4.78, 5) is 23.1. The highest BCUT2D eigenvalue weighted by atomic mass is 32.1. The van der Waals surface area contributed by atoms with Gasteiger partial charge in [0, 0.05) is 4.90 Å². The Balaban J connectivity index is 2.68. The predicted octanol–water partition coefficient (Wildman–Crippen LogP) is 2.77. The Morgan fingerprint density at radius 2 is 1.82 bits per heavy atom. The molecular weight excluding hydrogens is 304 g/mol. The van der Waals surface area contributed by atoms with Gasteiger partial charge < -0.3 is 14.6 Å². The van der Waals surface area contributed by atoms with E-state index in [0.717, 1.165) is 11.1 Å². The SMILES string of the molecule is Cc1c(COCC(=O)OC(C)(C)C)cc(S)cc1CC(=O)O. The number of ether oxygens (including phenoxy) is 2. The minimum atomic E-state index is -0.900. The van der Waals surface area contributed by atoms with E-state index in [4.69, 9.17) is 14.6 Å². The number of rotatable bonds is 6. The highest BCUT2D eigenvalue weighted by Gasteiger charge is 2.16. The number of carbonyl (C=O) groups is 2. The smallest absolute Gasteiger partial charge is 0.332 e. The quantitative estimate of drug-likeness (QED) is 0.621. The number of carboxylic acids is 1. The van der Waals surface area contributed by atoms with Crippen LogP contribution in [0.3, 0.4) is 0 Å². The van der Waals surface area contributed by atoms with E-state index >= 15 is 0 Å². The lowest BCUT2D eigenvalue weighted by Gasteiger charge is -2.19. The first-order valence-electron chi connectivity index (χ1n) is 6.91. The number of esters is 1. The number of benzene rings is 1. The molecule has 1 aromatic carbocycles. The molecule has 0 saturated carbocycles. The van der Waals surface area contributed by atoms with Gasteiger partial charge in [0.2, 0.25) is 0 Å². The van der Waals surface area contributed by atoms with Gasteiger partial charge >= 0.3 is 11.9 Å². The molecule has 122 valence electrons. The summed E-state index contributed by atoms with van der Waals surface area (Å²) >= 11 is 4.27. The highest BCUT2D eigenvalue weighted by Crippen LogP contribution is 2.21. The summed E-state index contributed by atoms with van der Waals surface area (Å²) in [7, 11) is 0.